The van der Waals surface area contributed by atoms with Crippen LogP contribution in [0.1, 0.15) is 0 Å². The van der Waals surface area contributed by atoms with Crippen molar-refractivity contribution in [3.63, 3.8) is 0 Å². The number of nitrogens with one attached hydrogen (secondary N) is 2. The van der Waals surface area contributed by atoms with Crippen LogP contribution in [-0.4, -0.2) is 51.2 Å². The molecule has 1 aliphatic rings. The first-order chi connectivity index (χ1) is 13.8. The van der Waals surface area contributed by atoms with Crippen LogP contribution >= 0.6 is 23.8 Å². The quantitative estimate of drug-likeness (QED) is 0.664. The van der Waals surface area contributed by atoms with Crippen LogP contribution in [0.3, 0.4) is 0 Å². The van der Waals surface area contributed by atoms with Gasteiger partial charge in [0, 0.05) is 24.8 Å². The fraction of sp³-hybridized carbons (Fsp3) is 0.278. The van der Waals surface area contributed by atoms with Gasteiger partial charge in [-0.2, -0.15) is 4.31 Å². The number of ether oxygens (including phenoxy) is 2. The number of halogens is 2. The molecule has 0 spiro atoms. The molecule has 2 aromatic rings. The number of methoxy groups -OCH3 is 1. The number of rotatable bonds is 5. The first-order valence-electron chi connectivity index (χ1n) is 8.60. The van der Waals surface area contributed by atoms with Gasteiger partial charge in [-0.25, -0.2) is 12.8 Å². The summed E-state index contributed by atoms with van der Waals surface area (Å²) in [6.07, 6.45) is 0. The maximum atomic E-state index is 13.6. The van der Waals surface area contributed by atoms with Gasteiger partial charge in [-0.15, -0.1) is 0 Å². The van der Waals surface area contributed by atoms with E-state index in [-0.39, 0.29) is 15.0 Å². The van der Waals surface area contributed by atoms with Crippen molar-refractivity contribution < 1.29 is 22.3 Å². The lowest BCUT2D eigenvalue weighted by Crippen LogP contribution is -2.40. The fourth-order valence-corrected chi connectivity index (χ4v) is 4.50. The Morgan fingerprint density at radius 1 is 1.21 bits per heavy atom. The zero-order valence-corrected chi connectivity index (χ0v) is 17.8. The molecule has 2 aromatic carbocycles. The molecular weight excluding hydrogens is 441 g/mol. The third-order valence-electron chi connectivity index (χ3n) is 4.21. The van der Waals surface area contributed by atoms with Gasteiger partial charge in [0.05, 0.1) is 35.9 Å². The van der Waals surface area contributed by atoms with Crippen LogP contribution in [0.2, 0.25) is 5.02 Å². The van der Waals surface area contributed by atoms with Gasteiger partial charge in [0.25, 0.3) is 0 Å². The molecular formula is C18H19ClFN3O4S2. The van der Waals surface area contributed by atoms with E-state index in [1.807, 2.05) is 0 Å². The summed E-state index contributed by atoms with van der Waals surface area (Å²) in [7, 11) is -2.23. The predicted octanol–water partition coefficient (Wildman–Crippen LogP) is 3.32. The van der Waals surface area contributed by atoms with E-state index < -0.39 is 15.8 Å². The summed E-state index contributed by atoms with van der Waals surface area (Å²) in [5, 5.41) is 5.93. The van der Waals surface area contributed by atoms with E-state index >= 15 is 0 Å². The number of benzene rings is 2. The van der Waals surface area contributed by atoms with E-state index in [1.165, 1.54) is 35.7 Å². The lowest BCUT2D eigenvalue weighted by molar-refractivity contribution is 0.0730. The molecule has 1 aliphatic heterocycles. The molecule has 1 fully saturated rings. The predicted molar refractivity (Wildman–Crippen MR) is 114 cm³/mol. The van der Waals surface area contributed by atoms with Gasteiger partial charge in [0.15, 0.2) is 5.11 Å². The van der Waals surface area contributed by atoms with Crippen LogP contribution in [0, 0.1) is 5.82 Å². The number of thiocarbonyl (C=S) groups is 1. The third kappa shape index (κ3) is 5.14. The highest BCUT2D eigenvalue weighted by Crippen LogP contribution is 2.29. The van der Waals surface area contributed by atoms with E-state index in [4.69, 9.17) is 33.3 Å². The third-order valence-corrected chi connectivity index (χ3v) is 6.61. The van der Waals surface area contributed by atoms with Gasteiger partial charge in [-0.1, -0.05) is 11.6 Å². The number of nitrogens with zero attached hydrogens (tertiary/aromatic N) is 1. The van der Waals surface area contributed by atoms with Gasteiger partial charge < -0.3 is 20.1 Å². The summed E-state index contributed by atoms with van der Waals surface area (Å²) in [4.78, 5) is 0.112. The molecule has 156 valence electrons. The van der Waals surface area contributed by atoms with Gasteiger partial charge in [0.1, 0.15) is 11.6 Å². The molecule has 0 unspecified atom stereocenters. The second-order valence-electron chi connectivity index (χ2n) is 6.09. The Morgan fingerprint density at radius 3 is 2.59 bits per heavy atom. The molecule has 0 radical (unpaired) electrons. The maximum Gasteiger partial charge on any atom is 0.243 e. The van der Waals surface area contributed by atoms with Crippen LogP contribution in [0.15, 0.2) is 41.3 Å². The fourth-order valence-electron chi connectivity index (χ4n) is 2.73. The van der Waals surface area contributed by atoms with Crippen LogP contribution in [0.5, 0.6) is 5.75 Å². The van der Waals surface area contributed by atoms with Crippen molar-refractivity contribution in [2.45, 2.75) is 4.90 Å². The van der Waals surface area contributed by atoms with Crippen molar-refractivity contribution in [3.05, 3.63) is 47.2 Å². The van der Waals surface area contributed by atoms with Gasteiger partial charge in [-0.3, -0.25) is 0 Å². The van der Waals surface area contributed by atoms with Crippen molar-refractivity contribution in [1.29, 1.82) is 0 Å². The van der Waals surface area contributed by atoms with Crippen LogP contribution in [-0.2, 0) is 14.8 Å². The Labute approximate surface area is 178 Å². The topological polar surface area (TPSA) is 79.9 Å². The van der Waals surface area contributed by atoms with Crippen molar-refractivity contribution in [2.75, 3.05) is 44.0 Å². The minimum Gasteiger partial charge on any atom is -0.495 e. The molecule has 0 atom stereocenters. The molecule has 1 saturated heterocycles. The number of hydrogen-bond donors (Lipinski definition) is 2. The summed E-state index contributed by atoms with van der Waals surface area (Å²) >= 11 is 10.9. The zero-order valence-electron chi connectivity index (χ0n) is 15.4. The second-order valence-corrected chi connectivity index (χ2v) is 8.84. The zero-order chi connectivity index (χ0) is 21.0. The molecule has 1 heterocycles. The molecule has 0 aliphatic carbocycles. The second kappa shape index (κ2) is 9.23. The molecule has 0 aromatic heterocycles. The van der Waals surface area contributed by atoms with Crippen LogP contribution < -0.4 is 15.4 Å². The van der Waals surface area contributed by atoms with Gasteiger partial charge in [-0.05, 0) is 42.5 Å². The Kier molecular flexibility index (Phi) is 6.91. The Morgan fingerprint density at radius 2 is 1.93 bits per heavy atom. The Bertz CT molecular complexity index is 1010. The van der Waals surface area contributed by atoms with Crippen molar-refractivity contribution >= 4 is 50.3 Å². The van der Waals surface area contributed by atoms with Crippen molar-refractivity contribution in [1.82, 2.24) is 4.31 Å². The number of hydrogen-bond acceptors (Lipinski definition) is 5. The van der Waals surface area contributed by atoms with E-state index in [2.05, 4.69) is 10.6 Å². The number of sulfonamides is 1. The summed E-state index contributed by atoms with van der Waals surface area (Å²) in [5.74, 6) is -0.277. The smallest absolute Gasteiger partial charge is 0.243 e. The standard InChI is InChI=1S/C18H19ClFN3O4S2/c1-26-17-11-13(29(24,25)23-6-8-27-9-7-23)3-5-16(17)22-18(28)21-12-2-4-14(19)15(20)10-12/h2-5,10-11H,6-9H2,1H3,(H2,21,22,28). The maximum absolute atomic E-state index is 13.6. The Hall–Kier alpha value is -1.98. The Balaban J connectivity index is 1.76. The lowest BCUT2D eigenvalue weighted by atomic mass is 10.3. The van der Waals surface area contributed by atoms with E-state index in [0.717, 1.165) is 0 Å². The molecule has 7 nitrogen and oxygen atoms in total. The van der Waals surface area contributed by atoms with E-state index in [1.54, 1.807) is 12.1 Å². The van der Waals surface area contributed by atoms with Crippen molar-refractivity contribution in [2.24, 2.45) is 0 Å². The van der Waals surface area contributed by atoms with Gasteiger partial charge in [0.2, 0.25) is 10.0 Å². The molecule has 0 amide bonds. The van der Waals surface area contributed by atoms with Gasteiger partial charge >= 0.3 is 0 Å². The highest BCUT2D eigenvalue weighted by Gasteiger charge is 2.27. The van der Waals surface area contributed by atoms with E-state index in [9.17, 15) is 12.8 Å². The number of anilines is 2. The van der Waals surface area contributed by atoms with E-state index in [0.29, 0.717) is 43.4 Å². The van der Waals surface area contributed by atoms with Crippen LogP contribution in [0.4, 0.5) is 15.8 Å². The van der Waals surface area contributed by atoms with Crippen molar-refractivity contribution in [3.8, 4) is 5.75 Å². The molecule has 11 heteroatoms. The molecule has 3 rings (SSSR count). The molecule has 29 heavy (non-hydrogen) atoms. The largest absolute Gasteiger partial charge is 0.495 e. The number of morpholine rings is 1. The molecule has 0 bridgehead atoms. The molecule has 0 saturated carbocycles. The highest BCUT2D eigenvalue weighted by atomic mass is 35.5. The van der Waals surface area contributed by atoms with Crippen LogP contribution in [0.25, 0.3) is 0 Å². The monoisotopic (exact) mass is 459 g/mol. The minimum absolute atomic E-state index is 0.00756. The summed E-state index contributed by atoms with van der Waals surface area (Å²) in [6, 6.07) is 8.66. The summed E-state index contributed by atoms with van der Waals surface area (Å²) < 4.78 is 51.1. The SMILES string of the molecule is COc1cc(S(=O)(=O)N2CCOCC2)ccc1NC(=S)Nc1ccc(Cl)c(F)c1. The normalized spacial score (nSPS) is 15.0. The first-order valence-corrected chi connectivity index (χ1v) is 10.8. The average molecular weight is 460 g/mol. The molecule has 2 N–H and O–H groups in total. The minimum atomic E-state index is -3.65. The lowest BCUT2D eigenvalue weighted by Gasteiger charge is -2.26. The average Bonchev–Trinajstić information content (AvgIpc) is 2.71. The first kappa shape index (κ1) is 21.7. The summed E-state index contributed by atoms with van der Waals surface area (Å²) in [6.45, 7) is 1.33. The summed E-state index contributed by atoms with van der Waals surface area (Å²) in [5.41, 5.74) is 0.871. The highest BCUT2D eigenvalue weighted by molar-refractivity contribution is 7.89.